The number of alkyl halides is 1. The van der Waals surface area contributed by atoms with Gasteiger partial charge in [-0.05, 0) is 43.9 Å². The van der Waals surface area contributed by atoms with E-state index in [1.54, 1.807) is 0 Å². The zero-order valence-corrected chi connectivity index (χ0v) is 11.0. The van der Waals surface area contributed by atoms with Gasteiger partial charge >= 0.3 is 0 Å². The molecule has 0 atom stereocenters. The molecular weight excluding hydrogens is 240 g/mol. The van der Waals surface area contributed by atoms with Gasteiger partial charge in [0.25, 0.3) is 0 Å². The van der Waals surface area contributed by atoms with Crippen molar-refractivity contribution >= 4 is 39.0 Å². The number of halogens is 1. The molecule has 0 amide bonds. The average Bonchev–Trinajstić information content (AvgIpc) is 2.61. The Kier molecular flexibility index (Phi) is 3.36. The van der Waals surface area contributed by atoms with Gasteiger partial charge < -0.3 is 5.32 Å². The number of aromatic nitrogens is 1. The molecule has 0 spiro atoms. The fraction of sp³-hybridized carbons (Fsp3) is 0.417. The lowest BCUT2D eigenvalue weighted by atomic mass is 10.0. The summed E-state index contributed by atoms with van der Waals surface area (Å²) in [5.41, 5.74) is 1.06. The van der Waals surface area contributed by atoms with Gasteiger partial charge in [-0.2, -0.15) is 4.37 Å². The molecule has 2 rings (SSSR count). The number of nitrogens with zero attached hydrogens (tertiary/aromatic N) is 1. The summed E-state index contributed by atoms with van der Waals surface area (Å²) in [5.74, 6) is 0.663. The molecule has 2 nitrogen and oxygen atoms in total. The van der Waals surface area contributed by atoms with Crippen LogP contribution in [0.15, 0.2) is 24.3 Å². The minimum absolute atomic E-state index is 0.0110. The molecule has 16 heavy (non-hydrogen) atoms. The van der Waals surface area contributed by atoms with E-state index < -0.39 is 0 Å². The van der Waals surface area contributed by atoms with Crippen LogP contribution in [0.2, 0.25) is 0 Å². The fourth-order valence-corrected chi connectivity index (χ4v) is 3.00. The Morgan fingerprint density at radius 2 is 2.12 bits per heavy atom. The second-order valence-corrected chi connectivity index (χ2v) is 5.63. The molecule has 0 fully saturated rings. The van der Waals surface area contributed by atoms with Crippen molar-refractivity contribution in [3.63, 3.8) is 0 Å². The van der Waals surface area contributed by atoms with E-state index in [0.29, 0.717) is 5.88 Å². The van der Waals surface area contributed by atoms with Crippen molar-refractivity contribution in [1.29, 1.82) is 0 Å². The van der Waals surface area contributed by atoms with Crippen molar-refractivity contribution in [3.8, 4) is 0 Å². The largest absolute Gasteiger partial charge is 0.370 e. The third-order valence-corrected chi connectivity index (χ3v) is 3.54. The molecule has 0 saturated carbocycles. The van der Waals surface area contributed by atoms with E-state index in [1.165, 1.54) is 16.9 Å². The molecule has 4 heteroatoms. The van der Waals surface area contributed by atoms with Crippen LogP contribution in [0.4, 0.5) is 5.00 Å². The van der Waals surface area contributed by atoms with Crippen molar-refractivity contribution in [2.45, 2.75) is 25.8 Å². The van der Waals surface area contributed by atoms with E-state index in [9.17, 15) is 0 Å². The molecule has 0 radical (unpaired) electrons. The van der Waals surface area contributed by atoms with Crippen molar-refractivity contribution in [2.24, 2.45) is 0 Å². The first-order chi connectivity index (χ1) is 7.62. The molecule has 2 aromatic rings. The second kappa shape index (κ2) is 4.60. The van der Waals surface area contributed by atoms with Gasteiger partial charge in [0, 0.05) is 16.8 Å². The lowest BCUT2D eigenvalue weighted by Gasteiger charge is -2.25. The summed E-state index contributed by atoms with van der Waals surface area (Å²) < 4.78 is 4.41. The third-order valence-electron chi connectivity index (χ3n) is 2.56. The van der Waals surface area contributed by atoms with Crippen LogP contribution in [0.25, 0.3) is 10.9 Å². The smallest absolute Gasteiger partial charge is 0.117 e. The van der Waals surface area contributed by atoms with E-state index in [2.05, 4.69) is 29.6 Å². The van der Waals surface area contributed by atoms with Crippen LogP contribution in [0.1, 0.15) is 20.3 Å². The monoisotopic (exact) mass is 254 g/mol. The lowest BCUT2D eigenvalue weighted by Crippen LogP contribution is -2.30. The number of nitrogens with one attached hydrogen (secondary N) is 1. The Morgan fingerprint density at radius 1 is 1.38 bits per heavy atom. The number of hydrogen-bond acceptors (Lipinski definition) is 3. The summed E-state index contributed by atoms with van der Waals surface area (Å²) in [6, 6.07) is 8.18. The standard InChI is InChI=1S/C12H15ClN2S/c1-12(2,7-8-13)14-11-9-5-3-4-6-10(9)15-16-11/h3-6,14H,7-8H2,1-2H3. The van der Waals surface area contributed by atoms with Crippen LogP contribution in [0, 0.1) is 0 Å². The normalized spacial score (nSPS) is 11.9. The summed E-state index contributed by atoms with van der Waals surface area (Å²) >= 11 is 7.30. The van der Waals surface area contributed by atoms with E-state index in [1.807, 2.05) is 18.2 Å². The minimum atomic E-state index is 0.0110. The van der Waals surface area contributed by atoms with Gasteiger partial charge in [-0.3, -0.25) is 0 Å². The van der Waals surface area contributed by atoms with Crippen molar-refractivity contribution in [1.82, 2.24) is 4.37 Å². The highest BCUT2D eigenvalue weighted by atomic mass is 35.5. The maximum absolute atomic E-state index is 5.79. The van der Waals surface area contributed by atoms with E-state index in [-0.39, 0.29) is 5.54 Å². The van der Waals surface area contributed by atoms with Crippen LogP contribution in [0.3, 0.4) is 0 Å². The Hall–Kier alpha value is -0.800. The average molecular weight is 255 g/mol. The summed E-state index contributed by atoms with van der Waals surface area (Å²) in [4.78, 5) is 0. The Labute approximate surface area is 105 Å². The molecule has 1 aromatic carbocycles. The predicted octanol–water partition coefficient (Wildman–Crippen LogP) is 4.12. The van der Waals surface area contributed by atoms with Crippen LogP contribution >= 0.6 is 23.1 Å². The van der Waals surface area contributed by atoms with Crippen LogP contribution in [0.5, 0.6) is 0 Å². The highest BCUT2D eigenvalue weighted by molar-refractivity contribution is 7.11. The van der Waals surface area contributed by atoms with Gasteiger partial charge in [0.2, 0.25) is 0 Å². The van der Waals surface area contributed by atoms with Crippen molar-refractivity contribution < 1.29 is 0 Å². The molecule has 0 unspecified atom stereocenters. The molecule has 0 aliphatic rings. The summed E-state index contributed by atoms with van der Waals surface area (Å²) in [6.45, 7) is 4.31. The Morgan fingerprint density at radius 3 is 2.88 bits per heavy atom. The maximum Gasteiger partial charge on any atom is 0.117 e. The number of hydrogen-bond donors (Lipinski definition) is 1. The second-order valence-electron chi connectivity index (χ2n) is 4.48. The maximum atomic E-state index is 5.79. The molecule has 0 aliphatic carbocycles. The fourth-order valence-electron chi connectivity index (χ4n) is 1.59. The van der Waals surface area contributed by atoms with Gasteiger partial charge in [0.05, 0.1) is 5.52 Å². The van der Waals surface area contributed by atoms with Crippen LogP contribution < -0.4 is 5.32 Å². The number of fused-ring (bicyclic) bond motifs is 1. The van der Waals surface area contributed by atoms with E-state index in [0.717, 1.165) is 16.9 Å². The molecule has 0 bridgehead atoms. The van der Waals surface area contributed by atoms with Gasteiger partial charge in [-0.1, -0.05) is 12.1 Å². The predicted molar refractivity (Wildman–Crippen MR) is 72.7 cm³/mol. The highest BCUT2D eigenvalue weighted by Gasteiger charge is 2.18. The number of benzene rings is 1. The summed E-state index contributed by atoms with van der Waals surface area (Å²) in [7, 11) is 0. The molecule has 1 heterocycles. The van der Waals surface area contributed by atoms with Crippen molar-refractivity contribution in [3.05, 3.63) is 24.3 Å². The highest BCUT2D eigenvalue weighted by Crippen LogP contribution is 2.30. The summed E-state index contributed by atoms with van der Waals surface area (Å²) in [5, 5.41) is 5.83. The summed E-state index contributed by atoms with van der Waals surface area (Å²) in [6.07, 6.45) is 0.931. The first-order valence-corrected chi connectivity index (χ1v) is 6.62. The molecule has 1 aromatic heterocycles. The van der Waals surface area contributed by atoms with Crippen molar-refractivity contribution in [2.75, 3.05) is 11.2 Å². The van der Waals surface area contributed by atoms with Gasteiger partial charge in [-0.15, -0.1) is 11.6 Å². The molecular formula is C12H15ClN2S. The number of anilines is 1. The SMILES string of the molecule is CC(C)(CCCl)Nc1snc2ccccc12. The lowest BCUT2D eigenvalue weighted by molar-refractivity contribution is 0.553. The Bertz CT molecular complexity index is 479. The zero-order valence-electron chi connectivity index (χ0n) is 9.46. The quantitative estimate of drug-likeness (QED) is 0.831. The zero-order chi connectivity index (χ0) is 11.6. The first-order valence-electron chi connectivity index (χ1n) is 5.31. The third kappa shape index (κ3) is 2.47. The molecule has 0 saturated heterocycles. The minimum Gasteiger partial charge on any atom is -0.370 e. The molecule has 0 aliphatic heterocycles. The topological polar surface area (TPSA) is 24.9 Å². The molecule has 86 valence electrons. The van der Waals surface area contributed by atoms with Crippen LogP contribution in [-0.4, -0.2) is 15.8 Å². The first kappa shape index (κ1) is 11.7. The van der Waals surface area contributed by atoms with E-state index in [4.69, 9.17) is 11.6 Å². The van der Waals surface area contributed by atoms with Gasteiger partial charge in [0.15, 0.2) is 0 Å². The van der Waals surface area contributed by atoms with Crippen LogP contribution in [-0.2, 0) is 0 Å². The Balaban J connectivity index is 2.27. The van der Waals surface area contributed by atoms with Gasteiger partial charge in [-0.25, -0.2) is 0 Å². The van der Waals surface area contributed by atoms with E-state index >= 15 is 0 Å². The number of rotatable bonds is 4. The molecule has 1 N–H and O–H groups in total. The van der Waals surface area contributed by atoms with Gasteiger partial charge in [0.1, 0.15) is 5.00 Å².